The van der Waals surface area contributed by atoms with E-state index in [4.69, 9.17) is 0 Å². The second-order valence-corrected chi connectivity index (χ2v) is 6.60. The Bertz CT molecular complexity index is 345. The van der Waals surface area contributed by atoms with E-state index in [2.05, 4.69) is 5.32 Å². The van der Waals surface area contributed by atoms with Crippen LogP contribution in [0.25, 0.3) is 0 Å². The largest absolute Gasteiger partial charge is 0.441 e. The third-order valence-corrected chi connectivity index (χ3v) is 4.86. The minimum atomic E-state index is -4.22. The number of rotatable bonds is 5. The average molecular weight is 310 g/mol. The first-order valence-electron chi connectivity index (χ1n) is 7.19. The summed E-state index contributed by atoms with van der Waals surface area (Å²) in [7, 11) is 0. The summed E-state index contributed by atoms with van der Waals surface area (Å²) in [5.74, 6) is 0.273. The molecule has 0 aromatic heterocycles. The van der Waals surface area contributed by atoms with Gasteiger partial charge < -0.3 is 4.90 Å². The van der Waals surface area contributed by atoms with Gasteiger partial charge in [-0.05, 0) is 36.9 Å². The maximum atomic E-state index is 12.2. The summed E-state index contributed by atoms with van der Waals surface area (Å²) in [6, 6.07) is -0.225. The number of thioether (sulfide) groups is 1. The highest BCUT2D eigenvalue weighted by Crippen LogP contribution is 2.34. The van der Waals surface area contributed by atoms with E-state index in [0.29, 0.717) is 12.3 Å². The molecule has 2 rings (SSSR count). The molecule has 0 bridgehead atoms. The van der Waals surface area contributed by atoms with Gasteiger partial charge in [-0.2, -0.15) is 13.2 Å². The van der Waals surface area contributed by atoms with Crippen LogP contribution >= 0.6 is 11.8 Å². The lowest BCUT2D eigenvalue weighted by atomic mass is 10.0. The van der Waals surface area contributed by atoms with Gasteiger partial charge in [-0.3, -0.25) is 10.1 Å². The van der Waals surface area contributed by atoms with Crippen LogP contribution in [-0.4, -0.2) is 40.8 Å². The van der Waals surface area contributed by atoms with Crippen LogP contribution in [0.15, 0.2) is 0 Å². The smallest absolute Gasteiger partial charge is 0.325 e. The van der Waals surface area contributed by atoms with Crippen LogP contribution in [0, 0.1) is 5.92 Å². The van der Waals surface area contributed by atoms with Gasteiger partial charge in [0.05, 0.1) is 12.2 Å². The number of hydrogen-bond donors (Lipinski definition) is 1. The Balaban J connectivity index is 1.95. The Morgan fingerprint density at radius 2 is 2.00 bits per heavy atom. The second-order valence-electron chi connectivity index (χ2n) is 5.44. The zero-order valence-electron chi connectivity index (χ0n) is 11.6. The monoisotopic (exact) mass is 310 g/mol. The van der Waals surface area contributed by atoms with Crippen LogP contribution < -0.4 is 5.32 Å². The number of amides is 1. The lowest BCUT2D eigenvalue weighted by Crippen LogP contribution is -2.43. The summed E-state index contributed by atoms with van der Waals surface area (Å²) < 4.78 is 36.6. The van der Waals surface area contributed by atoms with E-state index in [1.807, 2.05) is 6.92 Å². The molecule has 1 N–H and O–H groups in total. The molecule has 1 aliphatic heterocycles. The fourth-order valence-corrected chi connectivity index (χ4v) is 3.69. The van der Waals surface area contributed by atoms with Crippen LogP contribution in [0.3, 0.4) is 0 Å². The molecule has 3 nitrogen and oxygen atoms in total. The molecule has 7 heteroatoms. The highest BCUT2D eigenvalue weighted by Gasteiger charge is 2.42. The predicted octanol–water partition coefficient (Wildman–Crippen LogP) is 2.97. The molecule has 1 aliphatic carbocycles. The third kappa shape index (κ3) is 3.81. The van der Waals surface area contributed by atoms with Crippen molar-refractivity contribution in [2.45, 2.75) is 56.7 Å². The minimum absolute atomic E-state index is 0.0350. The summed E-state index contributed by atoms with van der Waals surface area (Å²) >= 11 is -0.0458. The molecule has 20 heavy (non-hydrogen) atoms. The molecule has 2 fully saturated rings. The minimum Gasteiger partial charge on any atom is -0.325 e. The van der Waals surface area contributed by atoms with Crippen LogP contribution in [0.4, 0.5) is 13.2 Å². The van der Waals surface area contributed by atoms with Gasteiger partial charge in [0.2, 0.25) is 5.91 Å². The highest BCUT2D eigenvalue weighted by molar-refractivity contribution is 8.00. The molecule has 1 saturated carbocycles. The van der Waals surface area contributed by atoms with Gasteiger partial charge in [-0.15, -0.1) is 0 Å². The summed E-state index contributed by atoms with van der Waals surface area (Å²) in [5.41, 5.74) is -4.22. The van der Waals surface area contributed by atoms with Crippen molar-refractivity contribution < 1.29 is 18.0 Å². The summed E-state index contributed by atoms with van der Waals surface area (Å²) in [6.07, 6.45) is 5.04. The van der Waals surface area contributed by atoms with Gasteiger partial charge >= 0.3 is 5.51 Å². The molecule has 116 valence electrons. The van der Waals surface area contributed by atoms with Crippen LogP contribution in [0.1, 0.15) is 39.0 Å². The van der Waals surface area contributed by atoms with Gasteiger partial charge in [-0.1, -0.05) is 19.8 Å². The van der Waals surface area contributed by atoms with Crippen molar-refractivity contribution in [3.8, 4) is 0 Å². The quantitative estimate of drug-likeness (QED) is 0.847. The van der Waals surface area contributed by atoms with Gasteiger partial charge in [-0.25, -0.2) is 0 Å². The lowest BCUT2D eigenvalue weighted by Gasteiger charge is -2.29. The summed E-state index contributed by atoms with van der Waals surface area (Å²) in [6.45, 7) is 2.10. The van der Waals surface area contributed by atoms with Crippen molar-refractivity contribution in [3.63, 3.8) is 0 Å². The second kappa shape index (κ2) is 6.56. The highest BCUT2D eigenvalue weighted by atomic mass is 32.2. The Morgan fingerprint density at radius 1 is 1.35 bits per heavy atom. The molecule has 2 aliphatic rings. The lowest BCUT2D eigenvalue weighted by molar-refractivity contribution is -0.130. The standard InChI is InChI=1S/C13H21F3N2OS/c1-2-10-12(19)18(7-8-20-13(14,15)16)11(17-10)9-5-3-4-6-9/h9-11,17H,2-8H2,1H3. The van der Waals surface area contributed by atoms with Crippen LogP contribution in [0.2, 0.25) is 0 Å². The van der Waals surface area contributed by atoms with Crippen molar-refractivity contribution in [2.75, 3.05) is 12.3 Å². The predicted molar refractivity (Wildman–Crippen MR) is 73.2 cm³/mol. The van der Waals surface area contributed by atoms with Crippen molar-refractivity contribution in [2.24, 2.45) is 5.92 Å². The van der Waals surface area contributed by atoms with Crippen LogP contribution in [-0.2, 0) is 4.79 Å². The number of nitrogens with zero attached hydrogens (tertiary/aromatic N) is 1. The number of carbonyl (C=O) groups is 1. The Morgan fingerprint density at radius 3 is 2.55 bits per heavy atom. The molecule has 2 atom stereocenters. The molecule has 2 unspecified atom stereocenters. The first-order chi connectivity index (χ1) is 9.42. The zero-order chi connectivity index (χ0) is 14.8. The van der Waals surface area contributed by atoms with Gasteiger partial charge in [0.25, 0.3) is 0 Å². The number of hydrogen-bond acceptors (Lipinski definition) is 3. The molecular weight excluding hydrogens is 289 g/mol. The first-order valence-corrected chi connectivity index (χ1v) is 8.18. The summed E-state index contributed by atoms with van der Waals surface area (Å²) in [4.78, 5) is 13.9. The zero-order valence-corrected chi connectivity index (χ0v) is 12.4. The summed E-state index contributed by atoms with van der Waals surface area (Å²) in [5, 5.41) is 3.32. The van der Waals surface area contributed by atoms with Gasteiger partial charge in [0.1, 0.15) is 0 Å². The topological polar surface area (TPSA) is 32.3 Å². The Labute approximate surface area is 121 Å². The fourth-order valence-electron chi connectivity index (χ4n) is 3.17. The maximum Gasteiger partial charge on any atom is 0.441 e. The average Bonchev–Trinajstić information content (AvgIpc) is 2.97. The van der Waals surface area contributed by atoms with E-state index in [1.54, 1.807) is 4.90 Å². The molecule has 0 aromatic carbocycles. The van der Waals surface area contributed by atoms with Crippen molar-refractivity contribution in [1.29, 1.82) is 0 Å². The SMILES string of the molecule is CCC1NC(C2CCCC2)N(CCSC(F)(F)F)C1=O. The van der Waals surface area contributed by atoms with E-state index >= 15 is 0 Å². The number of halogens is 3. The van der Waals surface area contributed by atoms with E-state index in [1.165, 1.54) is 0 Å². The van der Waals surface area contributed by atoms with E-state index in [0.717, 1.165) is 25.7 Å². The van der Waals surface area contributed by atoms with Crippen molar-refractivity contribution in [3.05, 3.63) is 0 Å². The van der Waals surface area contributed by atoms with Gasteiger partial charge in [0.15, 0.2) is 0 Å². The fraction of sp³-hybridized carbons (Fsp3) is 0.923. The molecule has 0 radical (unpaired) electrons. The molecule has 0 spiro atoms. The maximum absolute atomic E-state index is 12.2. The number of nitrogens with one attached hydrogen (secondary N) is 1. The molecule has 0 aromatic rings. The third-order valence-electron chi connectivity index (χ3n) is 4.14. The number of alkyl halides is 3. The van der Waals surface area contributed by atoms with Crippen molar-refractivity contribution in [1.82, 2.24) is 10.2 Å². The van der Waals surface area contributed by atoms with E-state index in [-0.39, 0.29) is 42.2 Å². The molecule has 1 saturated heterocycles. The molecule has 1 heterocycles. The normalized spacial score (nSPS) is 28.6. The van der Waals surface area contributed by atoms with Crippen LogP contribution in [0.5, 0.6) is 0 Å². The van der Waals surface area contributed by atoms with Crippen molar-refractivity contribution >= 4 is 17.7 Å². The first kappa shape index (κ1) is 15.9. The van der Waals surface area contributed by atoms with Gasteiger partial charge in [0, 0.05) is 12.3 Å². The Hall–Kier alpha value is -0.430. The molecule has 1 amide bonds. The Kier molecular flexibility index (Phi) is 5.23. The van der Waals surface area contributed by atoms with E-state index < -0.39 is 5.51 Å². The molecular formula is C13H21F3N2OS. The van der Waals surface area contributed by atoms with E-state index in [9.17, 15) is 18.0 Å². The number of carbonyl (C=O) groups excluding carboxylic acids is 1.